The first-order valence-electron chi connectivity index (χ1n) is 5.49. The molecule has 1 aromatic carbocycles. The van der Waals surface area contributed by atoms with Crippen LogP contribution in [-0.4, -0.2) is 6.54 Å². The molecular weight excluding hydrogens is 182 g/mol. The normalized spacial score (nSPS) is 11.1. The molecule has 0 spiro atoms. The Morgan fingerprint density at radius 2 is 1.80 bits per heavy atom. The van der Waals surface area contributed by atoms with Gasteiger partial charge in [0.2, 0.25) is 0 Å². The van der Waals surface area contributed by atoms with Crippen LogP contribution in [0.1, 0.15) is 32.8 Å². The van der Waals surface area contributed by atoms with Gasteiger partial charge in [-0.2, -0.15) is 0 Å². The van der Waals surface area contributed by atoms with Gasteiger partial charge in [-0.05, 0) is 29.5 Å². The highest BCUT2D eigenvalue weighted by Gasteiger charge is 2.12. The molecule has 0 amide bonds. The average molecular weight is 203 g/mol. The highest BCUT2D eigenvalue weighted by molar-refractivity contribution is 5.45. The van der Waals surface area contributed by atoms with Crippen LogP contribution in [0.15, 0.2) is 36.9 Å². The van der Waals surface area contributed by atoms with Crippen molar-refractivity contribution in [2.45, 2.75) is 32.6 Å². The van der Waals surface area contributed by atoms with Crippen LogP contribution in [0.4, 0.5) is 5.69 Å². The highest BCUT2D eigenvalue weighted by atomic mass is 14.9. The van der Waals surface area contributed by atoms with Gasteiger partial charge in [0.25, 0.3) is 0 Å². The first-order valence-corrected chi connectivity index (χ1v) is 5.49. The molecule has 82 valence electrons. The predicted molar refractivity (Wildman–Crippen MR) is 68.4 cm³/mol. The smallest absolute Gasteiger partial charge is 0.0340 e. The molecule has 0 atom stereocenters. The monoisotopic (exact) mass is 203 g/mol. The zero-order valence-corrected chi connectivity index (χ0v) is 10.0. The Morgan fingerprint density at radius 1 is 1.20 bits per heavy atom. The van der Waals surface area contributed by atoms with Crippen LogP contribution >= 0.6 is 0 Å². The van der Waals surface area contributed by atoms with Gasteiger partial charge >= 0.3 is 0 Å². The quantitative estimate of drug-likeness (QED) is 0.576. The molecule has 1 aromatic rings. The summed E-state index contributed by atoms with van der Waals surface area (Å²) < 4.78 is 0. The molecule has 15 heavy (non-hydrogen) atoms. The first kappa shape index (κ1) is 11.8. The van der Waals surface area contributed by atoms with E-state index in [-0.39, 0.29) is 5.41 Å². The van der Waals surface area contributed by atoms with E-state index in [1.54, 1.807) is 0 Å². The summed E-state index contributed by atoms with van der Waals surface area (Å²) in [4.78, 5) is 0. The fourth-order valence-electron chi connectivity index (χ4n) is 1.41. The van der Waals surface area contributed by atoms with Crippen molar-refractivity contribution in [2.75, 3.05) is 11.9 Å². The maximum absolute atomic E-state index is 3.70. The van der Waals surface area contributed by atoms with Gasteiger partial charge in [0, 0.05) is 12.2 Å². The molecule has 1 nitrogen and oxygen atoms in total. The molecule has 0 aromatic heterocycles. The molecule has 1 heteroatoms. The third-order valence-electron chi connectivity index (χ3n) is 2.43. The van der Waals surface area contributed by atoms with Crippen LogP contribution in [0.25, 0.3) is 0 Å². The van der Waals surface area contributed by atoms with Gasteiger partial charge in [-0.25, -0.2) is 0 Å². The Balaban J connectivity index is 2.60. The van der Waals surface area contributed by atoms with Crippen molar-refractivity contribution in [1.29, 1.82) is 0 Å². The molecule has 0 aliphatic heterocycles. The molecule has 0 radical (unpaired) electrons. The molecule has 1 rings (SSSR count). The average Bonchev–Trinajstić information content (AvgIpc) is 2.18. The van der Waals surface area contributed by atoms with Crippen molar-refractivity contribution < 1.29 is 0 Å². The minimum absolute atomic E-state index is 0.236. The van der Waals surface area contributed by atoms with Crippen molar-refractivity contribution >= 4 is 5.69 Å². The summed E-state index contributed by atoms with van der Waals surface area (Å²) in [5.74, 6) is 0. The van der Waals surface area contributed by atoms with Crippen molar-refractivity contribution in [2.24, 2.45) is 0 Å². The lowest BCUT2D eigenvalue weighted by Gasteiger charge is -2.19. The minimum atomic E-state index is 0.236. The van der Waals surface area contributed by atoms with E-state index < -0.39 is 0 Å². The van der Waals surface area contributed by atoms with Gasteiger partial charge in [0.05, 0.1) is 0 Å². The topological polar surface area (TPSA) is 12.0 Å². The molecule has 0 saturated carbocycles. The highest BCUT2D eigenvalue weighted by Crippen LogP contribution is 2.23. The number of anilines is 1. The molecule has 0 saturated heterocycles. The Kier molecular flexibility index (Phi) is 3.96. The van der Waals surface area contributed by atoms with E-state index >= 15 is 0 Å². The van der Waals surface area contributed by atoms with E-state index in [0.717, 1.165) is 13.0 Å². The molecule has 0 bridgehead atoms. The van der Waals surface area contributed by atoms with Crippen LogP contribution in [-0.2, 0) is 5.41 Å². The lowest BCUT2D eigenvalue weighted by Crippen LogP contribution is -2.10. The van der Waals surface area contributed by atoms with Crippen LogP contribution < -0.4 is 5.32 Å². The van der Waals surface area contributed by atoms with Crippen LogP contribution in [0, 0.1) is 0 Å². The number of benzene rings is 1. The molecule has 0 unspecified atom stereocenters. The van der Waals surface area contributed by atoms with Crippen LogP contribution in [0.2, 0.25) is 0 Å². The third-order valence-corrected chi connectivity index (χ3v) is 2.43. The van der Waals surface area contributed by atoms with Gasteiger partial charge in [-0.15, -0.1) is 6.58 Å². The zero-order valence-electron chi connectivity index (χ0n) is 10.0. The zero-order chi connectivity index (χ0) is 11.3. The summed E-state index contributed by atoms with van der Waals surface area (Å²) in [5, 5.41) is 3.35. The van der Waals surface area contributed by atoms with Crippen molar-refractivity contribution in [1.82, 2.24) is 0 Å². The first-order chi connectivity index (χ1) is 7.04. The maximum atomic E-state index is 3.70. The molecular formula is C14H21N. The second-order valence-electron chi connectivity index (χ2n) is 4.83. The SMILES string of the molecule is C=CCCNc1ccc(C(C)(C)C)cc1. The summed E-state index contributed by atoms with van der Waals surface area (Å²) >= 11 is 0. The van der Waals surface area contributed by atoms with Gasteiger partial charge in [0.1, 0.15) is 0 Å². The Labute approximate surface area is 93.2 Å². The van der Waals surface area contributed by atoms with Crippen LogP contribution in [0.3, 0.4) is 0 Å². The van der Waals surface area contributed by atoms with Gasteiger partial charge in [0.15, 0.2) is 0 Å². The van der Waals surface area contributed by atoms with E-state index in [9.17, 15) is 0 Å². The van der Waals surface area contributed by atoms with E-state index in [2.05, 4.69) is 56.9 Å². The summed E-state index contributed by atoms with van der Waals surface area (Å²) in [7, 11) is 0. The fraction of sp³-hybridized carbons (Fsp3) is 0.429. The van der Waals surface area contributed by atoms with E-state index in [1.165, 1.54) is 11.3 Å². The summed E-state index contributed by atoms with van der Waals surface area (Å²) in [6.07, 6.45) is 2.93. The van der Waals surface area contributed by atoms with Gasteiger partial charge in [-0.3, -0.25) is 0 Å². The second-order valence-corrected chi connectivity index (χ2v) is 4.83. The Morgan fingerprint density at radius 3 is 2.27 bits per heavy atom. The number of hydrogen-bond donors (Lipinski definition) is 1. The van der Waals surface area contributed by atoms with Crippen molar-refractivity contribution in [3.8, 4) is 0 Å². The minimum Gasteiger partial charge on any atom is -0.385 e. The summed E-state index contributed by atoms with van der Waals surface area (Å²) in [6, 6.07) is 8.67. The van der Waals surface area contributed by atoms with E-state index in [4.69, 9.17) is 0 Å². The number of rotatable bonds is 4. The number of hydrogen-bond acceptors (Lipinski definition) is 1. The second kappa shape index (κ2) is 5.01. The lowest BCUT2D eigenvalue weighted by atomic mass is 9.87. The van der Waals surface area contributed by atoms with Crippen molar-refractivity contribution in [3.63, 3.8) is 0 Å². The maximum Gasteiger partial charge on any atom is 0.0340 e. The van der Waals surface area contributed by atoms with E-state index in [0.29, 0.717) is 0 Å². The Hall–Kier alpha value is -1.24. The fourth-order valence-corrected chi connectivity index (χ4v) is 1.41. The van der Waals surface area contributed by atoms with Gasteiger partial charge < -0.3 is 5.32 Å². The lowest BCUT2D eigenvalue weighted by molar-refractivity contribution is 0.590. The molecule has 1 N–H and O–H groups in total. The third kappa shape index (κ3) is 3.78. The molecule has 0 heterocycles. The standard InChI is InChI=1S/C14H21N/c1-5-6-11-15-13-9-7-12(8-10-13)14(2,3)4/h5,7-10,15H,1,6,11H2,2-4H3. The summed E-state index contributed by atoms with van der Waals surface area (Å²) in [6.45, 7) is 11.3. The molecule has 0 aliphatic rings. The van der Waals surface area contributed by atoms with E-state index in [1.807, 2.05) is 6.08 Å². The van der Waals surface area contributed by atoms with Gasteiger partial charge in [-0.1, -0.05) is 39.0 Å². The molecule has 0 fully saturated rings. The van der Waals surface area contributed by atoms with Crippen molar-refractivity contribution in [3.05, 3.63) is 42.5 Å². The predicted octanol–water partition coefficient (Wildman–Crippen LogP) is 3.97. The largest absolute Gasteiger partial charge is 0.385 e. The Bertz CT molecular complexity index is 303. The number of nitrogens with one attached hydrogen (secondary N) is 1. The van der Waals surface area contributed by atoms with Crippen LogP contribution in [0.5, 0.6) is 0 Å². The summed E-state index contributed by atoms with van der Waals surface area (Å²) in [5.41, 5.74) is 2.79. The molecule has 0 aliphatic carbocycles.